The largest absolute Gasteiger partial charge is 0.327 e. The van der Waals surface area contributed by atoms with Crippen LogP contribution in [-0.4, -0.2) is 17.5 Å². The highest BCUT2D eigenvalue weighted by Crippen LogP contribution is 2.40. The van der Waals surface area contributed by atoms with E-state index in [9.17, 15) is 0 Å². The van der Waals surface area contributed by atoms with E-state index < -0.39 is 0 Å². The highest BCUT2D eigenvalue weighted by Gasteiger charge is 2.14. The molecule has 0 aromatic rings. The van der Waals surface area contributed by atoms with Gasteiger partial charge in [-0.15, -0.1) is 23.5 Å². The van der Waals surface area contributed by atoms with Crippen molar-refractivity contribution in [3.63, 3.8) is 0 Å². The van der Waals surface area contributed by atoms with Crippen molar-refractivity contribution in [3.05, 3.63) is 10.3 Å². The van der Waals surface area contributed by atoms with Crippen molar-refractivity contribution in [3.8, 4) is 0 Å². The topological polar surface area (TPSA) is 26.0 Å². The third-order valence-electron chi connectivity index (χ3n) is 1.06. The SMILES string of the molecule is CC1CS/C(=C\CN)S1. The van der Waals surface area contributed by atoms with Gasteiger partial charge in [-0.3, -0.25) is 0 Å². The number of hydrogen-bond acceptors (Lipinski definition) is 3. The lowest BCUT2D eigenvalue weighted by Crippen LogP contribution is -1.92. The number of nitrogens with two attached hydrogens (primary N) is 1. The fraction of sp³-hybridized carbons (Fsp3) is 0.667. The zero-order valence-electron chi connectivity index (χ0n) is 5.46. The Labute approximate surface area is 64.5 Å². The molecule has 1 nitrogen and oxygen atoms in total. The standard InChI is InChI=1S/C6H11NS2/c1-5-4-8-6(9-5)2-3-7/h2,5H,3-4,7H2,1H3/b6-2+. The van der Waals surface area contributed by atoms with Crippen molar-refractivity contribution in [2.45, 2.75) is 12.2 Å². The lowest BCUT2D eigenvalue weighted by Gasteiger charge is -1.92. The minimum Gasteiger partial charge on any atom is -0.327 e. The van der Waals surface area contributed by atoms with Crippen LogP contribution in [-0.2, 0) is 0 Å². The molecule has 0 saturated carbocycles. The summed E-state index contributed by atoms with van der Waals surface area (Å²) in [7, 11) is 0. The second-order valence-corrected chi connectivity index (χ2v) is 4.80. The van der Waals surface area contributed by atoms with Crippen LogP contribution in [0.15, 0.2) is 10.3 Å². The minimum absolute atomic E-state index is 0.683. The molecule has 1 aliphatic rings. The van der Waals surface area contributed by atoms with E-state index in [0.29, 0.717) is 6.54 Å². The van der Waals surface area contributed by atoms with Crippen molar-refractivity contribution in [1.82, 2.24) is 0 Å². The average molecular weight is 161 g/mol. The van der Waals surface area contributed by atoms with Gasteiger partial charge in [0.25, 0.3) is 0 Å². The van der Waals surface area contributed by atoms with Crippen LogP contribution in [0.4, 0.5) is 0 Å². The summed E-state index contributed by atoms with van der Waals surface area (Å²) in [6.45, 7) is 2.93. The van der Waals surface area contributed by atoms with Gasteiger partial charge in [0.2, 0.25) is 0 Å². The van der Waals surface area contributed by atoms with Crippen LogP contribution in [0.1, 0.15) is 6.92 Å². The van der Waals surface area contributed by atoms with Crippen molar-refractivity contribution in [2.24, 2.45) is 5.73 Å². The second kappa shape index (κ2) is 3.54. The molecule has 3 heteroatoms. The molecular formula is C6H11NS2. The Morgan fingerprint density at radius 1 is 1.89 bits per heavy atom. The highest BCUT2D eigenvalue weighted by molar-refractivity contribution is 8.25. The van der Waals surface area contributed by atoms with Crippen LogP contribution in [0.5, 0.6) is 0 Å². The van der Waals surface area contributed by atoms with E-state index >= 15 is 0 Å². The molecule has 0 aliphatic carbocycles. The van der Waals surface area contributed by atoms with Crippen LogP contribution in [0.3, 0.4) is 0 Å². The Bertz CT molecular complexity index is 122. The van der Waals surface area contributed by atoms with Gasteiger partial charge >= 0.3 is 0 Å². The fourth-order valence-electron chi connectivity index (χ4n) is 0.669. The molecule has 0 bridgehead atoms. The van der Waals surface area contributed by atoms with Gasteiger partial charge in [-0.25, -0.2) is 0 Å². The van der Waals surface area contributed by atoms with Gasteiger partial charge in [0.15, 0.2) is 0 Å². The van der Waals surface area contributed by atoms with E-state index in [1.54, 1.807) is 0 Å². The summed E-state index contributed by atoms with van der Waals surface area (Å²) in [5.41, 5.74) is 5.35. The maximum absolute atomic E-state index is 5.35. The van der Waals surface area contributed by atoms with Crippen molar-refractivity contribution in [1.29, 1.82) is 0 Å². The first-order valence-electron chi connectivity index (χ1n) is 3.02. The van der Waals surface area contributed by atoms with Gasteiger partial charge in [0, 0.05) is 21.8 Å². The number of hydrogen-bond donors (Lipinski definition) is 1. The van der Waals surface area contributed by atoms with Crippen LogP contribution >= 0.6 is 23.5 Å². The quantitative estimate of drug-likeness (QED) is 0.633. The molecule has 0 aromatic carbocycles. The molecule has 52 valence electrons. The first-order chi connectivity index (χ1) is 4.33. The number of thioether (sulfide) groups is 2. The predicted molar refractivity (Wildman–Crippen MR) is 46.6 cm³/mol. The van der Waals surface area contributed by atoms with E-state index in [2.05, 4.69) is 13.0 Å². The molecule has 1 heterocycles. The highest BCUT2D eigenvalue weighted by atomic mass is 32.2. The molecule has 0 amide bonds. The molecular weight excluding hydrogens is 150 g/mol. The maximum Gasteiger partial charge on any atom is 0.0376 e. The summed E-state index contributed by atoms with van der Waals surface area (Å²) in [5.74, 6) is 1.25. The summed E-state index contributed by atoms with van der Waals surface area (Å²) in [6, 6.07) is 0. The van der Waals surface area contributed by atoms with Crippen LogP contribution < -0.4 is 5.73 Å². The maximum atomic E-state index is 5.35. The molecule has 0 aromatic heterocycles. The summed E-state index contributed by atoms with van der Waals surface area (Å²) in [6.07, 6.45) is 2.10. The monoisotopic (exact) mass is 161 g/mol. The molecule has 1 rings (SSSR count). The molecule has 1 aliphatic heterocycles. The van der Waals surface area contributed by atoms with Gasteiger partial charge in [-0.05, 0) is 0 Å². The molecule has 0 spiro atoms. The van der Waals surface area contributed by atoms with E-state index in [-0.39, 0.29) is 0 Å². The normalized spacial score (nSPS) is 31.8. The third-order valence-corrected chi connectivity index (χ3v) is 4.00. The van der Waals surface area contributed by atoms with Crippen molar-refractivity contribution in [2.75, 3.05) is 12.3 Å². The molecule has 1 unspecified atom stereocenters. The van der Waals surface area contributed by atoms with Crippen molar-refractivity contribution < 1.29 is 0 Å². The zero-order chi connectivity index (χ0) is 6.69. The van der Waals surface area contributed by atoms with Gasteiger partial charge in [0.05, 0.1) is 0 Å². The first kappa shape index (κ1) is 7.51. The molecule has 1 atom stereocenters. The Kier molecular flexibility index (Phi) is 2.95. The Morgan fingerprint density at radius 3 is 3.11 bits per heavy atom. The molecule has 9 heavy (non-hydrogen) atoms. The first-order valence-corrected chi connectivity index (χ1v) is 4.89. The third kappa shape index (κ3) is 2.24. The lowest BCUT2D eigenvalue weighted by molar-refractivity contribution is 1.15. The van der Waals surface area contributed by atoms with Gasteiger partial charge < -0.3 is 5.73 Å². The minimum atomic E-state index is 0.683. The van der Waals surface area contributed by atoms with Crippen LogP contribution in [0.25, 0.3) is 0 Å². The van der Waals surface area contributed by atoms with E-state index in [4.69, 9.17) is 5.73 Å². The van der Waals surface area contributed by atoms with E-state index in [1.165, 1.54) is 9.99 Å². The van der Waals surface area contributed by atoms with Crippen LogP contribution in [0.2, 0.25) is 0 Å². The Morgan fingerprint density at radius 2 is 2.67 bits per heavy atom. The summed E-state index contributed by atoms with van der Waals surface area (Å²) in [4.78, 5) is 0. The number of rotatable bonds is 1. The van der Waals surface area contributed by atoms with Crippen LogP contribution in [0, 0.1) is 0 Å². The Hall–Kier alpha value is 0.400. The zero-order valence-corrected chi connectivity index (χ0v) is 7.10. The van der Waals surface area contributed by atoms with E-state index in [0.717, 1.165) is 5.25 Å². The van der Waals surface area contributed by atoms with Gasteiger partial charge in [-0.2, -0.15) is 0 Å². The second-order valence-electron chi connectivity index (χ2n) is 2.00. The van der Waals surface area contributed by atoms with Gasteiger partial charge in [-0.1, -0.05) is 13.0 Å². The molecule has 0 radical (unpaired) electrons. The summed E-state index contributed by atoms with van der Waals surface area (Å²) >= 11 is 3.85. The fourth-order valence-corrected chi connectivity index (χ4v) is 3.32. The summed E-state index contributed by atoms with van der Waals surface area (Å²) < 4.78 is 1.41. The lowest BCUT2D eigenvalue weighted by atomic mass is 10.6. The van der Waals surface area contributed by atoms with Gasteiger partial charge in [0.1, 0.15) is 0 Å². The van der Waals surface area contributed by atoms with E-state index in [1.807, 2.05) is 23.5 Å². The van der Waals surface area contributed by atoms with Crippen molar-refractivity contribution >= 4 is 23.5 Å². The molecule has 1 fully saturated rings. The Balaban J connectivity index is 2.38. The predicted octanol–water partition coefficient (Wildman–Crippen LogP) is 1.66. The molecule has 2 N–H and O–H groups in total. The average Bonchev–Trinajstić information content (AvgIpc) is 2.17. The molecule has 1 saturated heterocycles. The summed E-state index contributed by atoms with van der Waals surface area (Å²) in [5, 5.41) is 0.785. The smallest absolute Gasteiger partial charge is 0.0376 e.